The van der Waals surface area contributed by atoms with E-state index < -0.39 is 0 Å². The van der Waals surface area contributed by atoms with Gasteiger partial charge in [-0.2, -0.15) is 0 Å². The minimum atomic E-state index is -0.254. The van der Waals surface area contributed by atoms with E-state index in [0.717, 1.165) is 5.56 Å². The van der Waals surface area contributed by atoms with Crippen LogP contribution in [-0.2, 0) is 0 Å². The Labute approximate surface area is 119 Å². The molecule has 3 rings (SSSR count). The summed E-state index contributed by atoms with van der Waals surface area (Å²) >= 11 is 0. The number of hydrogen-bond donors (Lipinski definition) is 1. The van der Waals surface area contributed by atoms with Gasteiger partial charge in [0, 0.05) is 11.3 Å². The van der Waals surface area contributed by atoms with Gasteiger partial charge in [0.15, 0.2) is 0 Å². The van der Waals surface area contributed by atoms with Gasteiger partial charge in [-0.1, -0.05) is 43.5 Å². The lowest BCUT2D eigenvalue weighted by molar-refractivity contribution is 0.443. The van der Waals surface area contributed by atoms with E-state index in [9.17, 15) is 4.39 Å². The Hall–Kier alpha value is -1.83. The molecule has 2 aromatic rings. The van der Waals surface area contributed by atoms with Crippen molar-refractivity contribution in [3.05, 3.63) is 53.8 Å². The van der Waals surface area contributed by atoms with Crippen molar-refractivity contribution in [1.82, 2.24) is 0 Å². The van der Waals surface area contributed by atoms with Gasteiger partial charge in [0.25, 0.3) is 0 Å². The minimum absolute atomic E-state index is 0.254. The lowest BCUT2D eigenvalue weighted by Gasteiger charge is -2.22. The number of anilines is 1. The SMILES string of the molecule is Nc1ccc(-c2ccc(C3CCCCC3)cc2)c(F)c1. The number of benzene rings is 2. The van der Waals surface area contributed by atoms with Crippen molar-refractivity contribution in [1.29, 1.82) is 0 Å². The summed E-state index contributed by atoms with van der Waals surface area (Å²) in [6.45, 7) is 0. The molecule has 0 radical (unpaired) electrons. The molecule has 2 N–H and O–H groups in total. The summed E-state index contributed by atoms with van der Waals surface area (Å²) in [7, 11) is 0. The minimum Gasteiger partial charge on any atom is -0.399 e. The van der Waals surface area contributed by atoms with E-state index in [4.69, 9.17) is 5.73 Å². The van der Waals surface area contributed by atoms with Gasteiger partial charge < -0.3 is 5.73 Å². The summed E-state index contributed by atoms with van der Waals surface area (Å²) in [5.74, 6) is 0.435. The van der Waals surface area contributed by atoms with E-state index in [1.54, 1.807) is 12.1 Å². The molecule has 0 aromatic heterocycles. The van der Waals surface area contributed by atoms with Crippen LogP contribution in [0.4, 0.5) is 10.1 Å². The van der Waals surface area contributed by atoms with Crippen LogP contribution in [0.3, 0.4) is 0 Å². The van der Waals surface area contributed by atoms with Crippen LogP contribution in [0.15, 0.2) is 42.5 Å². The molecule has 1 nitrogen and oxygen atoms in total. The molecule has 0 atom stereocenters. The summed E-state index contributed by atoms with van der Waals surface area (Å²) in [6.07, 6.45) is 6.61. The highest BCUT2D eigenvalue weighted by atomic mass is 19.1. The maximum Gasteiger partial charge on any atom is 0.133 e. The molecule has 104 valence electrons. The second-order valence-corrected chi connectivity index (χ2v) is 5.70. The van der Waals surface area contributed by atoms with Crippen LogP contribution in [0.25, 0.3) is 11.1 Å². The Morgan fingerprint density at radius 2 is 1.60 bits per heavy atom. The van der Waals surface area contributed by atoms with Crippen LogP contribution in [0, 0.1) is 5.82 Å². The monoisotopic (exact) mass is 269 g/mol. The Morgan fingerprint density at radius 1 is 0.900 bits per heavy atom. The van der Waals surface area contributed by atoms with Crippen molar-refractivity contribution in [2.24, 2.45) is 0 Å². The highest BCUT2D eigenvalue weighted by Gasteiger charge is 2.15. The fourth-order valence-corrected chi connectivity index (χ4v) is 3.14. The first-order chi connectivity index (χ1) is 9.74. The fraction of sp³-hybridized carbons (Fsp3) is 0.333. The summed E-state index contributed by atoms with van der Waals surface area (Å²) in [5.41, 5.74) is 8.98. The molecule has 1 aliphatic carbocycles. The molecule has 20 heavy (non-hydrogen) atoms. The van der Waals surface area contributed by atoms with E-state index in [0.29, 0.717) is 17.2 Å². The highest BCUT2D eigenvalue weighted by molar-refractivity contribution is 5.66. The maximum atomic E-state index is 13.9. The quantitative estimate of drug-likeness (QED) is 0.752. The van der Waals surface area contributed by atoms with Crippen molar-refractivity contribution in [2.75, 3.05) is 5.73 Å². The molecule has 0 heterocycles. The van der Waals surface area contributed by atoms with Gasteiger partial charge in [0.2, 0.25) is 0 Å². The molecular weight excluding hydrogens is 249 g/mol. The zero-order valence-electron chi connectivity index (χ0n) is 11.6. The summed E-state index contributed by atoms with van der Waals surface area (Å²) < 4.78 is 13.9. The number of nitrogens with two attached hydrogens (primary N) is 1. The lowest BCUT2D eigenvalue weighted by atomic mass is 9.83. The Morgan fingerprint density at radius 3 is 2.25 bits per heavy atom. The van der Waals surface area contributed by atoms with E-state index >= 15 is 0 Å². The van der Waals surface area contributed by atoms with E-state index in [1.165, 1.54) is 43.7 Å². The maximum absolute atomic E-state index is 13.9. The largest absolute Gasteiger partial charge is 0.399 e. The van der Waals surface area contributed by atoms with Gasteiger partial charge in [-0.3, -0.25) is 0 Å². The van der Waals surface area contributed by atoms with Gasteiger partial charge in [-0.25, -0.2) is 4.39 Å². The van der Waals surface area contributed by atoms with Gasteiger partial charge in [-0.05, 0) is 48.1 Å². The van der Waals surface area contributed by atoms with Crippen molar-refractivity contribution in [3.8, 4) is 11.1 Å². The van der Waals surface area contributed by atoms with Crippen molar-refractivity contribution < 1.29 is 4.39 Å². The zero-order valence-corrected chi connectivity index (χ0v) is 11.6. The van der Waals surface area contributed by atoms with E-state index in [1.807, 2.05) is 12.1 Å². The fourth-order valence-electron chi connectivity index (χ4n) is 3.14. The topological polar surface area (TPSA) is 26.0 Å². The third-order valence-electron chi connectivity index (χ3n) is 4.29. The average Bonchev–Trinajstić information content (AvgIpc) is 2.48. The molecule has 0 unspecified atom stereocenters. The van der Waals surface area contributed by atoms with Gasteiger partial charge in [0.1, 0.15) is 5.82 Å². The van der Waals surface area contributed by atoms with Gasteiger partial charge in [-0.15, -0.1) is 0 Å². The van der Waals surface area contributed by atoms with Crippen molar-refractivity contribution in [3.63, 3.8) is 0 Å². The molecule has 2 heteroatoms. The second kappa shape index (κ2) is 5.66. The molecular formula is C18H20FN. The average molecular weight is 269 g/mol. The lowest BCUT2D eigenvalue weighted by Crippen LogP contribution is -2.04. The van der Waals surface area contributed by atoms with Crippen LogP contribution >= 0.6 is 0 Å². The molecule has 0 aliphatic heterocycles. The molecule has 1 fully saturated rings. The van der Waals surface area contributed by atoms with E-state index in [2.05, 4.69) is 12.1 Å². The molecule has 0 saturated heterocycles. The third kappa shape index (κ3) is 2.69. The molecule has 0 bridgehead atoms. The molecule has 0 amide bonds. The van der Waals surface area contributed by atoms with Gasteiger partial charge in [0.05, 0.1) is 0 Å². The molecule has 1 saturated carbocycles. The number of halogens is 1. The normalized spacial score (nSPS) is 16.2. The summed E-state index contributed by atoms with van der Waals surface area (Å²) in [6, 6.07) is 13.2. The summed E-state index contributed by atoms with van der Waals surface area (Å²) in [4.78, 5) is 0. The van der Waals surface area contributed by atoms with Crippen LogP contribution in [0.5, 0.6) is 0 Å². The number of nitrogen functional groups attached to an aromatic ring is 1. The Bertz CT molecular complexity index is 583. The van der Waals surface area contributed by atoms with Crippen molar-refractivity contribution >= 4 is 5.69 Å². The zero-order chi connectivity index (χ0) is 13.9. The second-order valence-electron chi connectivity index (χ2n) is 5.70. The predicted octanol–water partition coefficient (Wildman–Crippen LogP) is 5.12. The highest BCUT2D eigenvalue weighted by Crippen LogP contribution is 2.34. The Balaban J connectivity index is 1.85. The van der Waals surface area contributed by atoms with Crippen LogP contribution in [0.2, 0.25) is 0 Å². The third-order valence-corrected chi connectivity index (χ3v) is 4.29. The first-order valence-electron chi connectivity index (χ1n) is 7.39. The van der Waals surface area contributed by atoms with Crippen LogP contribution in [-0.4, -0.2) is 0 Å². The van der Waals surface area contributed by atoms with E-state index in [-0.39, 0.29) is 5.82 Å². The Kier molecular flexibility index (Phi) is 3.72. The van der Waals surface area contributed by atoms with Gasteiger partial charge >= 0.3 is 0 Å². The molecule has 2 aromatic carbocycles. The molecule has 0 spiro atoms. The summed E-state index contributed by atoms with van der Waals surface area (Å²) in [5, 5.41) is 0. The first-order valence-corrected chi connectivity index (χ1v) is 7.39. The smallest absolute Gasteiger partial charge is 0.133 e. The molecule has 1 aliphatic rings. The number of rotatable bonds is 2. The van der Waals surface area contributed by atoms with Crippen molar-refractivity contribution in [2.45, 2.75) is 38.0 Å². The number of hydrogen-bond acceptors (Lipinski definition) is 1. The first kappa shape index (κ1) is 13.2. The van der Waals surface area contributed by atoms with Crippen LogP contribution in [0.1, 0.15) is 43.6 Å². The van der Waals surface area contributed by atoms with Crippen LogP contribution < -0.4 is 5.73 Å². The standard InChI is InChI=1S/C18H20FN/c19-18-12-16(20)10-11-17(18)15-8-6-14(7-9-15)13-4-2-1-3-5-13/h6-13H,1-5,20H2. The predicted molar refractivity (Wildman–Crippen MR) is 82.1 cm³/mol.